The van der Waals surface area contributed by atoms with Crippen LogP contribution in [-0.2, 0) is 11.2 Å². The fourth-order valence-corrected chi connectivity index (χ4v) is 4.02. The molecule has 2 heterocycles. The zero-order chi connectivity index (χ0) is 25.9. The van der Waals surface area contributed by atoms with Gasteiger partial charge in [-0.15, -0.1) is 0 Å². The Morgan fingerprint density at radius 2 is 1.97 bits per heavy atom. The molecule has 188 valence electrons. The van der Waals surface area contributed by atoms with Gasteiger partial charge in [0.2, 0.25) is 11.3 Å². The van der Waals surface area contributed by atoms with E-state index in [1.807, 2.05) is 20.8 Å². The lowest BCUT2D eigenvalue weighted by atomic mass is 9.86. The highest BCUT2D eigenvalue weighted by molar-refractivity contribution is 6.30. The second-order valence-electron chi connectivity index (χ2n) is 9.20. The van der Waals surface area contributed by atoms with Gasteiger partial charge in [0, 0.05) is 25.3 Å². The summed E-state index contributed by atoms with van der Waals surface area (Å²) in [4.78, 5) is 29.6. The van der Waals surface area contributed by atoms with Gasteiger partial charge in [-0.2, -0.15) is 4.98 Å². The lowest BCUT2D eigenvalue weighted by molar-refractivity contribution is 0.0692. The number of hydrogen-bond donors (Lipinski definition) is 2. The van der Waals surface area contributed by atoms with Crippen molar-refractivity contribution >= 4 is 28.6 Å². The Bertz CT molecular complexity index is 1300. The highest BCUT2D eigenvalue weighted by Gasteiger charge is 2.29. The van der Waals surface area contributed by atoms with Crippen LogP contribution >= 0.6 is 11.6 Å². The van der Waals surface area contributed by atoms with Crippen molar-refractivity contribution in [1.29, 1.82) is 0 Å². The number of methoxy groups -OCH3 is 1. The molecule has 35 heavy (non-hydrogen) atoms. The number of nitrogens with zero attached hydrogens (tertiary/aromatic N) is 2. The summed E-state index contributed by atoms with van der Waals surface area (Å²) in [5.74, 6) is -1.88. The van der Waals surface area contributed by atoms with Crippen molar-refractivity contribution in [3.05, 3.63) is 68.2 Å². The predicted octanol–water partition coefficient (Wildman–Crippen LogP) is 4.08. The first-order valence-electron chi connectivity index (χ1n) is 11.0. The first kappa shape index (κ1) is 26.6. The molecule has 3 aromatic rings. The van der Waals surface area contributed by atoms with Crippen molar-refractivity contribution in [3.8, 4) is 5.88 Å². The van der Waals surface area contributed by atoms with Crippen LogP contribution in [0.1, 0.15) is 48.3 Å². The smallest absolute Gasteiger partial charge is 0.341 e. The van der Waals surface area contributed by atoms with Crippen LogP contribution in [0, 0.1) is 11.2 Å². The third-order valence-corrected chi connectivity index (χ3v) is 6.01. The van der Waals surface area contributed by atoms with Gasteiger partial charge in [-0.25, -0.2) is 9.18 Å². The Labute approximate surface area is 206 Å². The van der Waals surface area contributed by atoms with Gasteiger partial charge >= 0.3 is 5.97 Å². The molecule has 0 saturated carbocycles. The Morgan fingerprint density at radius 1 is 1.26 bits per heavy atom. The van der Waals surface area contributed by atoms with Crippen LogP contribution in [0.3, 0.4) is 0 Å². The molecule has 0 aliphatic carbocycles. The fraction of sp³-hybridized carbons (Fsp3) is 0.400. The van der Waals surface area contributed by atoms with E-state index in [9.17, 15) is 24.2 Å². The van der Waals surface area contributed by atoms with Crippen molar-refractivity contribution < 1.29 is 28.9 Å². The van der Waals surface area contributed by atoms with Gasteiger partial charge in [-0.1, -0.05) is 44.5 Å². The second kappa shape index (κ2) is 10.7. The standard InChI is InChI=1S/C25H28ClFN2O6/c1-25(2,3)19(13-30)29-12-17(24(32)33)21(31)16-11-15(10-14-6-5-7-18(26)20(14)27)23(28-22(16)29)35-9-8-34-4/h5-7,11-12,19,30H,8-10,13H2,1-4H3,(H,32,33). The molecule has 0 aliphatic heterocycles. The summed E-state index contributed by atoms with van der Waals surface area (Å²) < 4.78 is 27.0. The number of halogens is 2. The molecular formula is C25H28ClFN2O6. The second-order valence-corrected chi connectivity index (χ2v) is 9.61. The van der Waals surface area contributed by atoms with E-state index < -0.39 is 34.2 Å². The zero-order valence-corrected chi connectivity index (χ0v) is 20.7. The number of ether oxygens (including phenoxy) is 2. The Hall–Kier alpha value is -3.01. The van der Waals surface area contributed by atoms with Crippen LogP contribution in [-0.4, -0.2) is 52.7 Å². The van der Waals surface area contributed by atoms with Gasteiger partial charge in [0.25, 0.3) is 0 Å². The third kappa shape index (κ3) is 5.63. The lowest BCUT2D eigenvalue weighted by Crippen LogP contribution is -2.31. The van der Waals surface area contributed by atoms with Crippen LogP contribution in [0.15, 0.2) is 35.3 Å². The topological polar surface area (TPSA) is 111 Å². The molecule has 1 aromatic carbocycles. The number of aliphatic hydroxyl groups is 1. The molecule has 0 spiro atoms. The van der Waals surface area contributed by atoms with E-state index in [-0.39, 0.29) is 53.7 Å². The van der Waals surface area contributed by atoms with E-state index in [2.05, 4.69) is 4.98 Å². The van der Waals surface area contributed by atoms with E-state index in [4.69, 9.17) is 21.1 Å². The van der Waals surface area contributed by atoms with Crippen molar-refractivity contribution in [2.24, 2.45) is 5.41 Å². The minimum Gasteiger partial charge on any atom is -0.477 e. The summed E-state index contributed by atoms with van der Waals surface area (Å²) in [6.45, 7) is 5.72. The fourth-order valence-electron chi connectivity index (χ4n) is 3.83. The molecule has 0 amide bonds. The highest BCUT2D eigenvalue weighted by Crippen LogP contribution is 2.34. The van der Waals surface area contributed by atoms with Gasteiger partial charge in [0.05, 0.1) is 29.7 Å². The number of carboxylic acids is 1. The number of aromatic nitrogens is 2. The summed E-state index contributed by atoms with van der Waals surface area (Å²) in [5, 5.41) is 19.8. The highest BCUT2D eigenvalue weighted by atomic mass is 35.5. The number of benzene rings is 1. The van der Waals surface area contributed by atoms with Crippen LogP contribution in [0.4, 0.5) is 4.39 Å². The van der Waals surface area contributed by atoms with Gasteiger partial charge < -0.3 is 24.3 Å². The van der Waals surface area contributed by atoms with Crippen LogP contribution in [0.2, 0.25) is 5.02 Å². The summed E-state index contributed by atoms with van der Waals surface area (Å²) >= 11 is 5.93. The van der Waals surface area contributed by atoms with E-state index in [1.165, 1.54) is 30.0 Å². The molecule has 2 aromatic heterocycles. The van der Waals surface area contributed by atoms with Crippen LogP contribution in [0.25, 0.3) is 11.0 Å². The normalized spacial score (nSPS) is 12.7. The molecule has 8 nitrogen and oxygen atoms in total. The average Bonchev–Trinajstić information content (AvgIpc) is 2.78. The summed E-state index contributed by atoms with van der Waals surface area (Å²) in [6.07, 6.45) is 1.19. The van der Waals surface area contributed by atoms with Crippen molar-refractivity contribution in [3.63, 3.8) is 0 Å². The Kier molecular flexibility index (Phi) is 8.15. The minimum absolute atomic E-state index is 0.00289. The van der Waals surface area contributed by atoms with E-state index in [1.54, 1.807) is 12.1 Å². The lowest BCUT2D eigenvalue weighted by Gasteiger charge is -2.32. The number of aromatic carboxylic acids is 1. The largest absolute Gasteiger partial charge is 0.477 e. The summed E-state index contributed by atoms with van der Waals surface area (Å²) in [6, 6.07) is 5.45. The molecule has 0 saturated heterocycles. The molecule has 2 N–H and O–H groups in total. The third-order valence-electron chi connectivity index (χ3n) is 5.72. The quantitative estimate of drug-likeness (QED) is 0.420. The maximum absolute atomic E-state index is 14.7. The van der Waals surface area contributed by atoms with Gasteiger partial charge in [0.1, 0.15) is 23.6 Å². The number of aliphatic hydroxyl groups excluding tert-OH is 1. The monoisotopic (exact) mass is 506 g/mol. The van der Waals surface area contributed by atoms with E-state index in [0.717, 1.165) is 0 Å². The SMILES string of the molecule is COCCOc1nc2c(cc1Cc1cccc(Cl)c1F)c(=O)c(C(=O)O)cn2C(CO)C(C)(C)C. The number of fused-ring (bicyclic) bond motifs is 1. The van der Waals surface area contributed by atoms with E-state index in [0.29, 0.717) is 5.56 Å². The first-order valence-corrected chi connectivity index (χ1v) is 11.3. The van der Waals surface area contributed by atoms with Crippen molar-refractivity contribution in [2.45, 2.75) is 33.2 Å². The van der Waals surface area contributed by atoms with Crippen LogP contribution < -0.4 is 10.2 Å². The molecule has 10 heteroatoms. The molecule has 0 aliphatic rings. The van der Waals surface area contributed by atoms with Gasteiger partial charge in [-0.3, -0.25) is 4.79 Å². The average molecular weight is 507 g/mol. The molecule has 0 fully saturated rings. The predicted molar refractivity (Wildman–Crippen MR) is 130 cm³/mol. The summed E-state index contributed by atoms with van der Waals surface area (Å²) in [7, 11) is 1.51. The number of pyridine rings is 2. The number of carboxylic acid groups (broad SMARTS) is 1. The first-order chi connectivity index (χ1) is 16.5. The van der Waals surface area contributed by atoms with Gasteiger partial charge in [-0.05, 0) is 23.1 Å². The molecule has 3 rings (SSSR count). The van der Waals surface area contributed by atoms with E-state index >= 15 is 0 Å². The molecular weight excluding hydrogens is 479 g/mol. The number of carbonyl (C=O) groups is 1. The Balaban J connectivity index is 2.33. The maximum Gasteiger partial charge on any atom is 0.341 e. The molecule has 0 bridgehead atoms. The van der Waals surface area contributed by atoms with Crippen LogP contribution in [0.5, 0.6) is 5.88 Å². The van der Waals surface area contributed by atoms with Crippen molar-refractivity contribution in [1.82, 2.24) is 9.55 Å². The Morgan fingerprint density at radius 3 is 2.57 bits per heavy atom. The van der Waals surface area contributed by atoms with Crippen molar-refractivity contribution in [2.75, 3.05) is 26.9 Å². The van der Waals surface area contributed by atoms with Gasteiger partial charge in [0.15, 0.2) is 0 Å². The summed E-state index contributed by atoms with van der Waals surface area (Å²) in [5.41, 5.74) is -0.927. The zero-order valence-electron chi connectivity index (χ0n) is 20.0. The molecule has 1 atom stereocenters. The minimum atomic E-state index is -1.40. The maximum atomic E-state index is 14.7. The number of rotatable bonds is 9. The molecule has 1 unspecified atom stereocenters. The molecule has 0 radical (unpaired) electrons. The number of hydrogen-bond acceptors (Lipinski definition) is 6.